The van der Waals surface area contributed by atoms with Crippen LogP contribution in [0.2, 0.25) is 0 Å². The van der Waals surface area contributed by atoms with E-state index < -0.39 is 24.8 Å². The van der Waals surface area contributed by atoms with Gasteiger partial charge in [-0.05, 0) is 86.3 Å². The lowest BCUT2D eigenvalue weighted by Gasteiger charge is -2.31. The molecule has 0 bridgehead atoms. The van der Waals surface area contributed by atoms with Crippen molar-refractivity contribution in [2.45, 2.75) is 85.7 Å². The van der Waals surface area contributed by atoms with Crippen LogP contribution in [0, 0.1) is 18.8 Å². The summed E-state index contributed by atoms with van der Waals surface area (Å²) in [6, 6.07) is 13.2. The van der Waals surface area contributed by atoms with Gasteiger partial charge in [0.2, 0.25) is 6.79 Å². The largest absolute Gasteiger partial charge is 0.428 e. The van der Waals surface area contributed by atoms with E-state index in [1.807, 2.05) is 56.3 Å². The van der Waals surface area contributed by atoms with Gasteiger partial charge in [0.05, 0.1) is 23.9 Å². The van der Waals surface area contributed by atoms with Gasteiger partial charge < -0.3 is 30.1 Å². The summed E-state index contributed by atoms with van der Waals surface area (Å²) in [5.41, 5.74) is 4.68. The van der Waals surface area contributed by atoms with Crippen molar-refractivity contribution in [1.29, 1.82) is 0 Å². The SMILES string of the molecule is CC[C@@H](CC(=O)OCOC(=O)C1=C[C@H](O)CCC1)c1ccc(N(CC(C)C)CC(C)C)c(NC(=O)Nc2ccc(C)cc2)c1. The average molecular weight is 608 g/mol. The zero-order valence-electron chi connectivity index (χ0n) is 27.0. The van der Waals surface area contributed by atoms with Crippen LogP contribution >= 0.6 is 0 Å². The fourth-order valence-corrected chi connectivity index (χ4v) is 5.33. The van der Waals surface area contributed by atoms with E-state index in [2.05, 4.69) is 43.2 Å². The number of aryl methyl sites for hydroxylation is 1. The molecular weight excluding hydrogens is 558 g/mol. The maximum absolute atomic E-state index is 13.1. The van der Waals surface area contributed by atoms with Crippen molar-refractivity contribution in [2.24, 2.45) is 11.8 Å². The topological polar surface area (TPSA) is 117 Å². The number of benzene rings is 2. The molecule has 2 aromatic rings. The second-order valence-corrected chi connectivity index (χ2v) is 12.4. The van der Waals surface area contributed by atoms with Crippen molar-refractivity contribution in [1.82, 2.24) is 0 Å². The predicted octanol–water partition coefficient (Wildman–Crippen LogP) is 7.16. The second kappa shape index (κ2) is 16.9. The Balaban J connectivity index is 1.76. The molecular formula is C35H49N3O6. The minimum Gasteiger partial charge on any atom is -0.428 e. The number of esters is 2. The smallest absolute Gasteiger partial charge is 0.336 e. The lowest BCUT2D eigenvalue weighted by molar-refractivity contribution is -0.165. The van der Waals surface area contributed by atoms with Gasteiger partial charge in [-0.1, -0.05) is 58.4 Å². The Labute approximate surface area is 262 Å². The van der Waals surface area contributed by atoms with Gasteiger partial charge in [0.25, 0.3) is 0 Å². The Morgan fingerprint density at radius 3 is 2.27 bits per heavy atom. The summed E-state index contributed by atoms with van der Waals surface area (Å²) in [5.74, 6) is -0.415. The minimum atomic E-state index is -0.651. The molecule has 0 aromatic heterocycles. The van der Waals surface area contributed by atoms with Gasteiger partial charge in [-0.2, -0.15) is 0 Å². The molecule has 44 heavy (non-hydrogen) atoms. The number of carbonyl (C=O) groups is 3. The quantitative estimate of drug-likeness (QED) is 0.154. The van der Waals surface area contributed by atoms with Crippen LogP contribution in [0.4, 0.5) is 21.9 Å². The van der Waals surface area contributed by atoms with Crippen LogP contribution in [-0.4, -0.2) is 49.1 Å². The van der Waals surface area contributed by atoms with Crippen LogP contribution in [0.15, 0.2) is 54.1 Å². The summed E-state index contributed by atoms with van der Waals surface area (Å²) in [7, 11) is 0. The zero-order valence-corrected chi connectivity index (χ0v) is 27.0. The number of carbonyl (C=O) groups excluding carboxylic acids is 3. The molecule has 240 valence electrons. The Bertz CT molecular complexity index is 1280. The number of ether oxygens (including phenoxy) is 2. The first-order valence-corrected chi connectivity index (χ1v) is 15.7. The Morgan fingerprint density at radius 2 is 1.66 bits per heavy atom. The monoisotopic (exact) mass is 607 g/mol. The van der Waals surface area contributed by atoms with E-state index in [0.29, 0.717) is 54.5 Å². The van der Waals surface area contributed by atoms with E-state index in [4.69, 9.17) is 9.47 Å². The molecule has 9 nitrogen and oxygen atoms in total. The second-order valence-electron chi connectivity index (χ2n) is 12.4. The highest BCUT2D eigenvalue weighted by Crippen LogP contribution is 2.34. The lowest BCUT2D eigenvalue weighted by Crippen LogP contribution is -2.32. The van der Waals surface area contributed by atoms with E-state index >= 15 is 0 Å². The van der Waals surface area contributed by atoms with Crippen LogP contribution < -0.4 is 15.5 Å². The van der Waals surface area contributed by atoms with Gasteiger partial charge in [-0.25, -0.2) is 9.59 Å². The Morgan fingerprint density at radius 1 is 0.977 bits per heavy atom. The molecule has 3 N–H and O–H groups in total. The lowest BCUT2D eigenvalue weighted by atomic mass is 9.92. The number of amides is 2. The van der Waals surface area contributed by atoms with E-state index in [0.717, 1.165) is 29.9 Å². The van der Waals surface area contributed by atoms with Gasteiger partial charge in [0.15, 0.2) is 0 Å². The van der Waals surface area contributed by atoms with Crippen molar-refractivity contribution in [3.05, 3.63) is 65.2 Å². The van der Waals surface area contributed by atoms with Crippen LogP contribution in [0.5, 0.6) is 0 Å². The van der Waals surface area contributed by atoms with E-state index in [9.17, 15) is 19.5 Å². The minimum absolute atomic E-state index is 0.0888. The zero-order chi connectivity index (χ0) is 32.2. The molecule has 0 fully saturated rings. The first-order chi connectivity index (χ1) is 20.9. The van der Waals surface area contributed by atoms with Gasteiger partial charge in [0.1, 0.15) is 0 Å². The van der Waals surface area contributed by atoms with Gasteiger partial charge in [-0.3, -0.25) is 4.79 Å². The number of anilines is 3. The highest BCUT2D eigenvalue weighted by molar-refractivity contribution is 6.02. The fourth-order valence-electron chi connectivity index (χ4n) is 5.33. The summed E-state index contributed by atoms with van der Waals surface area (Å²) >= 11 is 0. The van der Waals surface area contributed by atoms with Crippen LogP contribution in [0.3, 0.4) is 0 Å². The molecule has 0 saturated carbocycles. The standard InChI is InChI=1S/C35H49N3O6/c1-7-26(19-33(40)43-22-44-34(41)28-9-8-10-30(39)17-28)27-13-16-32(38(20-23(2)3)21-24(4)5)31(18-27)37-35(42)36-29-14-11-25(6)12-15-29/h11-18,23-24,26,30,39H,7-10,19-22H2,1-6H3,(H2,36,37,42)/t26-,30+/m0/s1. The van der Waals surface area contributed by atoms with E-state index in [1.54, 1.807) is 0 Å². The van der Waals surface area contributed by atoms with Gasteiger partial charge >= 0.3 is 18.0 Å². The summed E-state index contributed by atoms with van der Waals surface area (Å²) < 4.78 is 10.4. The molecule has 0 aliphatic heterocycles. The molecule has 1 aliphatic carbocycles. The number of hydrogen-bond acceptors (Lipinski definition) is 7. The number of nitrogens with zero attached hydrogens (tertiary/aromatic N) is 1. The first-order valence-electron chi connectivity index (χ1n) is 15.7. The number of aliphatic hydroxyl groups excluding tert-OH is 1. The molecule has 2 aromatic carbocycles. The molecule has 9 heteroatoms. The van der Waals surface area contributed by atoms with Crippen molar-refractivity contribution >= 4 is 35.0 Å². The first kappa shape index (κ1) is 34.6. The van der Waals surface area contributed by atoms with E-state index in [-0.39, 0.29) is 18.4 Å². The number of rotatable bonds is 14. The Kier molecular flexibility index (Phi) is 13.3. The maximum atomic E-state index is 13.1. The van der Waals surface area contributed by atoms with E-state index in [1.165, 1.54) is 6.08 Å². The predicted molar refractivity (Wildman–Crippen MR) is 175 cm³/mol. The van der Waals surface area contributed by atoms with Crippen molar-refractivity contribution in [2.75, 3.05) is 35.4 Å². The van der Waals surface area contributed by atoms with Gasteiger partial charge in [-0.15, -0.1) is 0 Å². The maximum Gasteiger partial charge on any atom is 0.336 e. The average Bonchev–Trinajstić information content (AvgIpc) is 2.96. The van der Waals surface area contributed by atoms with Crippen LogP contribution in [0.1, 0.15) is 83.8 Å². The normalized spacial score (nSPS) is 15.4. The number of urea groups is 1. The molecule has 0 radical (unpaired) electrons. The third-order valence-electron chi connectivity index (χ3n) is 7.48. The molecule has 2 atom stereocenters. The number of nitrogens with one attached hydrogen (secondary N) is 2. The third kappa shape index (κ3) is 11.0. The number of aliphatic hydroxyl groups is 1. The summed E-state index contributed by atoms with van der Waals surface area (Å²) in [6.07, 6.45) is 3.45. The van der Waals surface area contributed by atoms with Crippen LogP contribution in [0.25, 0.3) is 0 Å². The number of hydrogen-bond donors (Lipinski definition) is 3. The summed E-state index contributed by atoms with van der Waals surface area (Å²) in [5, 5.41) is 15.7. The third-order valence-corrected chi connectivity index (χ3v) is 7.48. The van der Waals surface area contributed by atoms with Crippen molar-refractivity contribution in [3.63, 3.8) is 0 Å². The highest BCUT2D eigenvalue weighted by atomic mass is 16.7. The van der Waals surface area contributed by atoms with Gasteiger partial charge in [0, 0.05) is 24.4 Å². The summed E-state index contributed by atoms with van der Waals surface area (Å²) in [6.45, 7) is 13.8. The highest BCUT2D eigenvalue weighted by Gasteiger charge is 2.22. The summed E-state index contributed by atoms with van der Waals surface area (Å²) in [4.78, 5) is 40.5. The molecule has 2 amide bonds. The van der Waals surface area contributed by atoms with Crippen molar-refractivity contribution < 1.29 is 29.0 Å². The molecule has 1 aliphatic rings. The fraction of sp³-hybridized carbons (Fsp3) is 0.514. The van der Waals surface area contributed by atoms with Crippen molar-refractivity contribution in [3.8, 4) is 0 Å². The molecule has 0 saturated heterocycles. The molecule has 0 unspecified atom stereocenters. The van der Waals surface area contributed by atoms with Crippen LogP contribution in [-0.2, 0) is 19.1 Å². The molecule has 3 rings (SSSR count). The Hall–Kier alpha value is -3.85. The molecule has 0 spiro atoms. The molecule has 0 heterocycles.